The van der Waals surface area contributed by atoms with Crippen LogP contribution in [0.4, 0.5) is 22.7 Å². The Bertz CT molecular complexity index is 1420. The molecule has 20 nitrogen and oxygen atoms in total. The fourth-order valence-electron chi connectivity index (χ4n) is 5.15. The van der Waals surface area contributed by atoms with Crippen LogP contribution in [0.2, 0.25) is 0 Å². The summed E-state index contributed by atoms with van der Waals surface area (Å²) in [5.74, 6) is -7.51. The van der Waals surface area contributed by atoms with Crippen molar-refractivity contribution in [3.05, 3.63) is 48.5 Å². The van der Waals surface area contributed by atoms with Gasteiger partial charge in [-0.2, -0.15) is 0 Å². The van der Waals surface area contributed by atoms with E-state index >= 15 is 0 Å². The number of hydrogen-bond donors (Lipinski definition) is 8. The van der Waals surface area contributed by atoms with Crippen LogP contribution in [0.15, 0.2) is 48.5 Å². The summed E-state index contributed by atoms with van der Waals surface area (Å²) in [6.07, 6.45) is 0. The molecular weight excluding hydrogens is 688 g/mol. The zero-order chi connectivity index (χ0) is 38.2. The van der Waals surface area contributed by atoms with Crippen molar-refractivity contribution in [3.8, 4) is 0 Å². The molecule has 1 heterocycles. The second-order valence-corrected chi connectivity index (χ2v) is 11.8. The van der Waals surface area contributed by atoms with E-state index in [0.29, 0.717) is 0 Å². The minimum atomic E-state index is -1.25. The highest BCUT2D eigenvalue weighted by molar-refractivity contribution is 5.97. The van der Waals surface area contributed by atoms with Crippen molar-refractivity contribution in [1.82, 2.24) is 19.6 Å². The van der Waals surface area contributed by atoms with E-state index in [0.717, 1.165) is 0 Å². The van der Waals surface area contributed by atoms with E-state index in [2.05, 4.69) is 21.3 Å². The van der Waals surface area contributed by atoms with Gasteiger partial charge in [0.1, 0.15) is 0 Å². The molecule has 3 rings (SSSR count). The summed E-state index contributed by atoms with van der Waals surface area (Å²) in [4.78, 5) is 103. The molecule has 20 heteroatoms. The lowest BCUT2D eigenvalue weighted by atomic mass is 10.2. The number of carboxylic acid groups (broad SMARTS) is 4. The first kappa shape index (κ1) is 40.5. The molecule has 0 atom stereocenters. The smallest absolute Gasteiger partial charge is 0.317 e. The molecule has 52 heavy (non-hydrogen) atoms. The topological polar surface area (TPSA) is 279 Å². The summed E-state index contributed by atoms with van der Waals surface area (Å²) in [5, 5.41) is 48.1. The Morgan fingerprint density at radius 1 is 0.442 bits per heavy atom. The number of aliphatic carboxylic acids is 4. The Morgan fingerprint density at radius 3 is 0.846 bits per heavy atom. The molecule has 0 fully saturated rings. The SMILES string of the molecule is O=C(O)CN1CCN(CC(=O)O)CC(=O)Nc2cccc(c2)NC(=O)CN(CC(=O)O)CCN(CC(=O)O)CC(=O)Nc2cccc(c2)NC(=O)C1. The van der Waals surface area contributed by atoms with Crippen LogP contribution in [0.5, 0.6) is 0 Å². The first-order chi connectivity index (χ1) is 24.6. The molecule has 0 saturated carbocycles. The van der Waals surface area contributed by atoms with Gasteiger partial charge in [0.15, 0.2) is 0 Å². The Hall–Kier alpha value is -5.96. The van der Waals surface area contributed by atoms with Crippen molar-refractivity contribution in [2.75, 3.05) is 99.8 Å². The van der Waals surface area contributed by atoms with Crippen molar-refractivity contribution in [2.45, 2.75) is 0 Å². The molecule has 1 aliphatic rings. The number of fused-ring (bicyclic) bond motifs is 4. The molecule has 4 bridgehead atoms. The van der Waals surface area contributed by atoms with Gasteiger partial charge in [-0.1, -0.05) is 12.1 Å². The van der Waals surface area contributed by atoms with Crippen LogP contribution in [0.25, 0.3) is 0 Å². The summed E-state index contributed by atoms with van der Waals surface area (Å²) in [7, 11) is 0. The highest BCUT2D eigenvalue weighted by atomic mass is 16.4. The molecule has 2 aromatic carbocycles. The minimum absolute atomic E-state index is 0.108. The van der Waals surface area contributed by atoms with E-state index in [1.165, 1.54) is 68.1 Å². The lowest BCUT2D eigenvalue weighted by molar-refractivity contribution is -0.140. The molecule has 0 saturated heterocycles. The molecule has 0 radical (unpaired) electrons. The van der Waals surface area contributed by atoms with Crippen LogP contribution in [0.3, 0.4) is 0 Å². The Labute approximate surface area is 296 Å². The summed E-state index contributed by atoms with van der Waals surface area (Å²) in [5.41, 5.74) is 0.936. The third-order valence-corrected chi connectivity index (χ3v) is 7.23. The number of hydrogen-bond acceptors (Lipinski definition) is 12. The van der Waals surface area contributed by atoms with E-state index in [1.807, 2.05) is 0 Å². The van der Waals surface area contributed by atoms with Gasteiger partial charge in [-0.05, 0) is 36.4 Å². The molecule has 0 unspecified atom stereocenters. The number of nitrogens with zero attached hydrogens (tertiary/aromatic N) is 4. The Balaban J connectivity index is 1.90. The third kappa shape index (κ3) is 15.7. The zero-order valence-electron chi connectivity index (χ0n) is 27.9. The van der Waals surface area contributed by atoms with Gasteiger partial charge in [-0.15, -0.1) is 0 Å². The van der Waals surface area contributed by atoms with Gasteiger partial charge < -0.3 is 41.7 Å². The third-order valence-electron chi connectivity index (χ3n) is 7.23. The first-order valence-electron chi connectivity index (χ1n) is 15.8. The van der Waals surface area contributed by atoms with Crippen molar-refractivity contribution < 1.29 is 58.8 Å². The standard InChI is InChI=1S/C32H40N8O12/c41-25-13-37(17-29(45)46)7-9-39(19-31(49)50)15-27(43)35-23-5-2-6-24(12-23)36-28(44)16-40(20-32(51)52)10-8-38(18-30(47)48)14-26(42)34-22-4-1-3-21(11-22)33-25/h1-6,11-12H,7-10,13-20H2,(H,33,41)(H,34,42)(H,35,43)(H,36,44)(H,45,46)(H,47,48)(H,49,50)(H,51,52). The summed E-state index contributed by atoms with van der Waals surface area (Å²) < 4.78 is 0. The molecule has 1 aliphatic heterocycles. The van der Waals surface area contributed by atoms with Crippen molar-refractivity contribution in [1.29, 1.82) is 0 Å². The number of benzene rings is 2. The van der Waals surface area contributed by atoms with Gasteiger partial charge in [0.2, 0.25) is 23.6 Å². The van der Waals surface area contributed by atoms with Crippen LogP contribution in [0, 0.1) is 0 Å². The predicted octanol–water partition coefficient (Wildman–Crippen LogP) is -1.30. The summed E-state index contributed by atoms with van der Waals surface area (Å²) in [6.45, 7) is -4.40. The van der Waals surface area contributed by atoms with Gasteiger partial charge in [-0.3, -0.25) is 58.0 Å². The molecule has 0 aliphatic carbocycles. The second kappa shape index (κ2) is 20.0. The molecule has 4 amide bonds. The molecule has 280 valence electrons. The lowest BCUT2D eigenvalue weighted by Crippen LogP contribution is -2.45. The van der Waals surface area contributed by atoms with Gasteiger partial charge >= 0.3 is 23.9 Å². The largest absolute Gasteiger partial charge is 0.480 e. The normalized spacial score (nSPS) is 17.2. The first-order valence-corrected chi connectivity index (χ1v) is 15.8. The van der Waals surface area contributed by atoms with Gasteiger partial charge in [-0.25, -0.2) is 0 Å². The molecular formula is C32H40N8O12. The van der Waals surface area contributed by atoms with Gasteiger partial charge in [0.05, 0.1) is 52.4 Å². The quantitative estimate of drug-likeness (QED) is 0.157. The summed E-state index contributed by atoms with van der Waals surface area (Å²) >= 11 is 0. The molecule has 0 spiro atoms. The maximum atomic E-state index is 12.9. The minimum Gasteiger partial charge on any atom is -0.480 e. The monoisotopic (exact) mass is 728 g/mol. The van der Waals surface area contributed by atoms with Gasteiger partial charge in [0.25, 0.3) is 0 Å². The average molecular weight is 729 g/mol. The molecule has 2 aromatic rings. The lowest BCUT2D eigenvalue weighted by Gasteiger charge is -2.25. The van der Waals surface area contributed by atoms with Crippen LogP contribution >= 0.6 is 0 Å². The van der Waals surface area contributed by atoms with Crippen LogP contribution in [-0.2, 0) is 38.4 Å². The Morgan fingerprint density at radius 2 is 0.654 bits per heavy atom. The van der Waals surface area contributed by atoms with Gasteiger partial charge in [0, 0.05) is 48.9 Å². The van der Waals surface area contributed by atoms with E-state index in [1.54, 1.807) is 0 Å². The molecule has 8 N–H and O–H groups in total. The van der Waals surface area contributed by atoms with E-state index in [-0.39, 0.29) is 48.9 Å². The number of rotatable bonds is 8. The highest BCUT2D eigenvalue weighted by Gasteiger charge is 2.22. The highest BCUT2D eigenvalue weighted by Crippen LogP contribution is 2.17. The fourth-order valence-corrected chi connectivity index (χ4v) is 5.15. The van der Waals surface area contributed by atoms with E-state index in [9.17, 15) is 58.8 Å². The number of carbonyl (C=O) groups is 8. The zero-order valence-corrected chi connectivity index (χ0v) is 27.9. The number of amides is 4. The number of nitrogens with one attached hydrogen (secondary N) is 4. The maximum Gasteiger partial charge on any atom is 0.317 e. The Kier molecular flexibility index (Phi) is 15.6. The summed E-state index contributed by atoms with van der Waals surface area (Å²) in [6, 6.07) is 11.9. The fraction of sp³-hybridized carbons (Fsp3) is 0.375. The van der Waals surface area contributed by atoms with Crippen molar-refractivity contribution in [3.63, 3.8) is 0 Å². The predicted molar refractivity (Wildman–Crippen MR) is 184 cm³/mol. The maximum absolute atomic E-state index is 12.9. The number of anilines is 4. The van der Waals surface area contributed by atoms with Crippen LogP contribution in [-0.4, -0.2) is 166 Å². The van der Waals surface area contributed by atoms with E-state index in [4.69, 9.17) is 0 Å². The average Bonchev–Trinajstić information content (AvgIpc) is 3.01. The van der Waals surface area contributed by atoms with Crippen molar-refractivity contribution >= 4 is 70.3 Å². The number of carbonyl (C=O) groups excluding carboxylic acids is 4. The van der Waals surface area contributed by atoms with Crippen LogP contribution < -0.4 is 21.3 Å². The van der Waals surface area contributed by atoms with Crippen molar-refractivity contribution in [2.24, 2.45) is 0 Å². The molecule has 0 aromatic heterocycles. The van der Waals surface area contributed by atoms with E-state index < -0.39 is 99.9 Å². The number of carboxylic acids is 4. The second-order valence-electron chi connectivity index (χ2n) is 11.8. The van der Waals surface area contributed by atoms with Crippen LogP contribution in [0.1, 0.15) is 0 Å².